The van der Waals surface area contributed by atoms with Crippen molar-refractivity contribution in [3.8, 4) is 5.75 Å². The number of fused-ring (bicyclic) bond motifs is 5. The van der Waals surface area contributed by atoms with Gasteiger partial charge in [0.15, 0.2) is 5.76 Å². The molecule has 0 radical (unpaired) electrons. The van der Waals surface area contributed by atoms with Crippen LogP contribution >= 0.6 is 0 Å². The molecular formula is C40H32N4O7. The summed E-state index contributed by atoms with van der Waals surface area (Å²) in [5.41, 5.74) is 4.01. The van der Waals surface area contributed by atoms with Crippen molar-refractivity contribution < 1.29 is 33.1 Å². The lowest BCUT2D eigenvalue weighted by Crippen LogP contribution is -2.30. The van der Waals surface area contributed by atoms with Crippen LogP contribution in [0.1, 0.15) is 52.3 Å². The van der Waals surface area contributed by atoms with Gasteiger partial charge in [-0.15, -0.1) is 0 Å². The molecule has 8 rings (SSSR count). The maximum absolute atomic E-state index is 14.0. The molecule has 2 N–H and O–H groups in total. The number of ether oxygens (including phenoxy) is 1. The van der Waals surface area contributed by atoms with Crippen molar-refractivity contribution in [2.45, 2.75) is 32.1 Å². The van der Waals surface area contributed by atoms with Crippen LogP contribution < -0.4 is 15.0 Å². The number of benzene rings is 4. The van der Waals surface area contributed by atoms with Gasteiger partial charge < -0.3 is 24.4 Å². The molecule has 4 heterocycles. The third-order valence-electron chi connectivity index (χ3n) is 9.36. The Morgan fingerprint density at radius 1 is 0.824 bits per heavy atom. The number of anilines is 2. The first-order valence-corrected chi connectivity index (χ1v) is 16.9. The number of nitrogens with one attached hydrogen (secondary N) is 2. The van der Waals surface area contributed by atoms with E-state index in [4.69, 9.17) is 9.15 Å². The van der Waals surface area contributed by atoms with E-state index in [1.165, 1.54) is 17.1 Å². The van der Waals surface area contributed by atoms with Crippen molar-refractivity contribution in [1.29, 1.82) is 0 Å². The molecular weight excluding hydrogens is 648 g/mol. The predicted octanol–water partition coefficient (Wildman–Crippen LogP) is 6.91. The first kappa shape index (κ1) is 31.8. The van der Waals surface area contributed by atoms with Gasteiger partial charge in [-0.1, -0.05) is 48.9 Å². The van der Waals surface area contributed by atoms with Gasteiger partial charge in [0.2, 0.25) is 0 Å². The maximum atomic E-state index is 14.0. The molecule has 6 aromatic rings. The van der Waals surface area contributed by atoms with E-state index in [1.807, 2.05) is 48.5 Å². The average Bonchev–Trinajstić information content (AvgIpc) is 3.93. The molecule has 0 bridgehead atoms. The van der Waals surface area contributed by atoms with Crippen molar-refractivity contribution in [2.75, 3.05) is 23.3 Å². The Morgan fingerprint density at radius 3 is 2.43 bits per heavy atom. The standard InChI is InChI=1S/C40H32N4O7/c45-36-15-16-37(46)44(36)18-7-1-2-12-38(47)51-34-23-32-28(27-9-4-5-10-29(27)34)17-19-43(32)40(49)31-21-25-20-26(13-14-30(25)42-31)41-39(48)35-22-24-8-3-6-11-33(24)50-35/h3-6,8-11,13-16,20-23,42H,1-2,7,12,17-19H2,(H,41,48). The number of rotatable bonds is 10. The van der Waals surface area contributed by atoms with Crippen molar-refractivity contribution in [3.05, 3.63) is 114 Å². The average molecular weight is 681 g/mol. The number of nitrogens with zero attached hydrogens (tertiary/aromatic N) is 2. The summed E-state index contributed by atoms with van der Waals surface area (Å²) in [6.07, 6.45) is 5.13. The van der Waals surface area contributed by atoms with Crippen LogP contribution in [0, 0.1) is 0 Å². The quantitative estimate of drug-likeness (QED) is 0.0693. The molecule has 2 aliphatic heterocycles. The van der Waals surface area contributed by atoms with Gasteiger partial charge in [-0.25, -0.2) is 0 Å². The molecule has 0 saturated carbocycles. The minimum Gasteiger partial charge on any atom is -0.451 e. The van der Waals surface area contributed by atoms with Gasteiger partial charge in [0.25, 0.3) is 23.6 Å². The molecule has 4 amide bonds. The highest BCUT2D eigenvalue weighted by atomic mass is 16.5. The molecule has 51 heavy (non-hydrogen) atoms. The molecule has 4 aromatic carbocycles. The molecule has 0 fully saturated rings. The van der Waals surface area contributed by atoms with Crippen molar-refractivity contribution >= 4 is 73.6 Å². The highest BCUT2D eigenvalue weighted by molar-refractivity contribution is 6.13. The second-order valence-corrected chi connectivity index (χ2v) is 12.7. The normalized spacial score (nSPS) is 13.9. The van der Waals surface area contributed by atoms with Gasteiger partial charge in [0.05, 0.1) is 5.69 Å². The van der Waals surface area contributed by atoms with Crippen LogP contribution in [0.3, 0.4) is 0 Å². The monoisotopic (exact) mass is 680 g/mol. The number of hydrogen-bond donors (Lipinski definition) is 2. The number of carbonyl (C=O) groups is 5. The summed E-state index contributed by atoms with van der Waals surface area (Å²) in [6, 6.07) is 25.7. The minimum atomic E-state index is -0.398. The predicted molar refractivity (Wildman–Crippen MR) is 192 cm³/mol. The Labute approximate surface area is 291 Å². The first-order chi connectivity index (χ1) is 24.8. The van der Waals surface area contributed by atoms with E-state index < -0.39 is 5.97 Å². The lowest BCUT2D eigenvalue weighted by atomic mass is 10.0. The van der Waals surface area contributed by atoms with E-state index in [0.29, 0.717) is 67.2 Å². The number of aromatic amines is 1. The minimum absolute atomic E-state index is 0.171. The molecule has 2 aromatic heterocycles. The zero-order valence-electron chi connectivity index (χ0n) is 27.4. The summed E-state index contributed by atoms with van der Waals surface area (Å²) in [5.74, 6) is -1.03. The fraction of sp³-hybridized carbons (Fsp3) is 0.175. The topological polar surface area (TPSA) is 142 Å². The van der Waals surface area contributed by atoms with Gasteiger partial charge in [0, 0.05) is 65.1 Å². The largest absolute Gasteiger partial charge is 0.451 e. The number of unbranched alkanes of at least 4 members (excludes halogenated alkanes) is 2. The SMILES string of the molecule is O=C(CCCCCN1C(=O)C=CC1=O)Oc1cc2c(c3ccccc13)CCN2C(=O)c1cc2cc(NC(=O)c3cc4ccccc4o3)ccc2[nH]1. The Balaban J connectivity index is 0.961. The maximum Gasteiger partial charge on any atom is 0.311 e. The van der Waals surface area contributed by atoms with Crippen molar-refractivity contribution in [2.24, 2.45) is 0 Å². The lowest BCUT2D eigenvalue weighted by Gasteiger charge is -2.19. The van der Waals surface area contributed by atoms with E-state index in [0.717, 1.165) is 32.6 Å². The number of imide groups is 1. The number of para-hydroxylation sites is 1. The fourth-order valence-corrected chi connectivity index (χ4v) is 6.83. The zero-order chi connectivity index (χ0) is 35.1. The first-order valence-electron chi connectivity index (χ1n) is 16.9. The number of H-pyrrole nitrogens is 1. The summed E-state index contributed by atoms with van der Waals surface area (Å²) in [5, 5.41) is 6.18. The van der Waals surface area contributed by atoms with Crippen LogP contribution in [0.2, 0.25) is 0 Å². The third-order valence-corrected chi connectivity index (χ3v) is 9.36. The molecule has 254 valence electrons. The molecule has 0 unspecified atom stereocenters. The smallest absolute Gasteiger partial charge is 0.311 e. The number of hydrogen-bond acceptors (Lipinski definition) is 7. The van der Waals surface area contributed by atoms with E-state index in [1.54, 1.807) is 41.3 Å². The van der Waals surface area contributed by atoms with Gasteiger partial charge in [-0.3, -0.25) is 28.9 Å². The van der Waals surface area contributed by atoms with E-state index in [-0.39, 0.29) is 35.8 Å². The van der Waals surface area contributed by atoms with Crippen LogP contribution in [-0.2, 0) is 20.8 Å². The summed E-state index contributed by atoms with van der Waals surface area (Å²) in [7, 11) is 0. The van der Waals surface area contributed by atoms with Crippen molar-refractivity contribution in [1.82, 2.24) is 9.88 Å². The Morgan fingerprint density at radius 2 is 1.61 bits per heavy atom. The lowest BCUT2D eigenvalue weighted by molar-refractivity contribution is -0.137. The van der Waals surface area contributed by atoms with Crippen LogP contribution in [0.4, 0.5) is 11.4 Å². The summed E-state index contributed by atoms with van der Waals surface area (Å²) < 4.78 is 11.6. The van der Waals surface area contributed by atoms with Gasteiger partial charge in [-0.05, 0) is 66.6 Å². The van der Waals surface area contributed by atoms with Crippen LogP contribution in [0.5, 0.6) is 5.75 Å². The molecule has 0 saturated heterocycles. The van der Waals surface area contributed by atoms with E-state index >= 15 is 0 Å². The van der Waals surface area contributed by atoms with Crippen LogP contribution in [0.25, 0.3) is 32.6 Å². The van der Waals surface area contributed by atoms with Crippen molar-refractivity contribution in [3.63, 3.8) is 0 Å². The Bertz CT molecular complexity index is 2390. The summed E-state index contributed by atoms with van der Waals surface area (Å²) in [4.78, 5) is 69.5. The number of esters is 1. The summed E-state index contributed by atoms with van der Waals surface area (Å²) in [6.45, 7) is 0.776. The molecule has 11 heteroatoms. The highest BCUT2D eigenvalue weighted by Gasteiger charge is 2.30. The van der Waals surface area contributed by atoms with Gasteiger partial charge in [0.1, 0.15) is 17.0 Å². The van der Waals surface area contributed by atoms with E-state index in [9.17, 15) is 24.0 Å². The fourth-order valence-electron chi connectivity index (χ4n) is 6.83. The van der Waals surface area contributed by atoms with Crippen LogP contribution in [0.15, 0.2) is 101 Å². The molecule has 0 atom stereocenters. The Hall–Kier alpha value is -6.49. The van der Waals surface area contributed by atoms with Gasteiger partial charge >= 0.3 is 5.97 Å². The zero-order valence-corrected chi connectivity index (χ0v) is 27.4. The van der Waals surface area contributed by atoms with Gasteiger partial charge in [-0.2, -0.15) is 0 Å². The van der Waals surface area contributed by atoms with E-state index in [2.05, 4.69) is 10.3 Å². The summed E-state index contributed by atoms with van der Waals surface area (Å²) >= 11 is 0. The number of amides is 4. The third kappa shape index (κ3) is 6.14. The number of carbonyl (C=O) groups excluding carboxylic acids is 5. The highest BCUT2D eigenvalue weighted by Crippen LogP contribution is 2.41. The second kappa shape index (κ2) is 13.1. The Kier molecular flexibility index (Phi) is 8.15. The molecule has 0 aliphatic carbocycles. The number of furan rings is 1. The molecule has 11 nitrogen and oxygen atoms in total. The molecule has 0 spiro atoms. The number of aromatic nitrogens is 1. The molecule has 2 aliphatic rings. The second-order valence-electron chi connectivity index (χ2n) is 12.7. The van der Waals surface area contributed by atoms with Crippen LogP contribution in [-0.4, -0.2) is 52.6 Å².